The summed E-state index contributed by atoms with van der Waals surface area (Å²) in [5.41, 5.74) is 2.24. The lowest BCUT2D eigenvalue weighted by atomic mass is 10.2. The van der Waals surface area contributed by atoms with Crippen molar-refractivity contribution in [2.75, 3.05) is 11.3 Å². The van der Waals surface area contributed by atoms with E-state index in [2.05, 4.69) is 28.5 Å². The average molecular weight is 392 g/mol. The first-order chi connectivity index (χ1) is 11.8. The lowest BCUT2D eigenvalue weighted by molar-refractivity contribution is 0.603. The number of H-pyrrole nitrogens is 1. The maximum absolute atomic E-state index is 12.5. The lowest BCUT2D eigenvalue weighted by Crippen LogP contribution is -2.14. The van der Waals surface area contributed by atoms with Crippen LogP contribution < -0.4 is 4.72 Å². The predicted molar refractivity (Wildman–Crippen MR) is 107 cm³/mol. The van der Waals surface area contributed by atoms with Crippen molar-refractivity contribution in [1.82, 2.24) is 4.98 Å². The van der Waals surface area contributed by atoms with E-state index in [0.717, 1.165) is 28.2 Å². The van der Waals surface area contributed by atoms with Gasteiger partial charge in [-0.25, -0.2) is 8.42 Å². The molecule has 0 spiro atoms. The molecule has 0 unspecified atom stereocenters. The Morgan fingerprint density at radius 1 is 1.24 bits per heavy atom. The van der Waals surface area contributed by atoms with Crippen molar-refractivity contribution in [2.24, 2.45) is 4.99 Å². The average Bonchev–Trinajstić information content (AvgIpc) is 3.25. The minimum absolute atomic E-state index is 0.0935. The Labute approximate surface area is 154 Å². The highest BCUT2D eigenvalue weighted by Gasteiger charge is 2.28. The summed E-state index contributed by atoms with van der Waals surface area (Å²) in [6.45, 7) is 5.11. The van der Waals surface area contributed by atoms with Gasteiger partial charge >= 0.3 is 0 Å². The first kappa shape index (κ1) is 16.7. The molecule has 1 aromatic carbocycles. The van der Waals surface area contributed by atoms with Crippen LogP contribution in [0.3, 0.4) is 0 Å². The SMILES string of the molecule is CC1(C)CN=C(c2cc3cccc(NS(=O)(=O)c4cccs4)c3[nH]2)S1. The third kappa shape index (κ3) is 3.21. The lowest BCUT2D eigenvalue weighted by Gasteiger charge is -2.13. The van der Waals surface area contributed by atoms with Gasteiger partial charge in [-0.05, 0) is 37.4 Å². The largest absolute Gasteiger partial charge is 0.351 e. The minimum atomic E-state index is -3.58. The monoisotopic (exact) mass is 391 g/mol. The van der Waals surface area contributed by atoms with Crippen molar-refractivity contribution in [2.45, 2.75) is 22.8 Å². The van der Waals surface area contributed by atoms with E-state index >= 15 is 0 Å². The maximum Gasteiger partial charge on any atom is 0.271 e. The molecule has 1 aliphatic rings. The number of sulfonamides is 1. The van der Waals surface area contributed by atoms with Crippen LogP contribution in [0.2, 0.25) is 0 Å². The molecule has 0 radical (unpaired) electrons. The van der Waals surface area contributed by atoms with Crippen LogP contribution in [0.25, 0.3) is 10.9 Å². The fourth-order valence-electron chi connectivity index (χ4n) is 2.70. The summed E-state index contributed by atoms with van der Waals surface area (Å²) in [6.07, 6.45) is 0. The van der Waals surface area contributed by atoms with Gasteiger partial charge in [0.2, 0.25) is 0 Å². The number of hydrogen-bond acceptors (Lipinski definition) is 5. The maximum atomic E-state index is 12.5. The highest BCUT2D eigenvalue weighted by Crippen LogP contribution is 2.36. The summed E-state index contributed by atoms with van der Waals surface area (Å²) < 4.78 is 28.1. The summed E-state index contributed by atoms with van der Waals surface area (Å²) >= 11 is 2.93. The van der Waals surface area contributed by atoms with E-state index in [9.17, 15) is 8.42 Å². The number of aromatic amines is 1. The number of benzene rings is 1. The van der Waals surface area contributed by atoms with Crippen molar-refractivity contribution < 1.29 is 8.42 Å². The van der Waals surface area contributed by atoms with Gasteiger partial charge in [0, 0.05) is 10.1 Å². The Morgan fingerprint density at radius 3 is 2.76 bits per heavy atom. The van der Waals surface area contributed by atoms with E-state index in [-0.39, 0.29) is 4.75 Å². The molecule has 1 aliphatic heterocycles. The topological polar surface area (TPSA) is 74.3 Å². The highest BCUT2D eigenvalue weighted by molar-refractivity contribution is 8.15. The molecule has 0 amide bonds. The Morgan fingerprint density at radius 2 is 2.08 bits per heavy atom. The molecule has 4 rings (SSSR count). The van der Waals surface area contributed by atoms with E-state index in [1.807, 2.05) is 18.2 Å². The van der Waals surface area contributed by atoms with Crippen LogP contribution in [-0.2, 0) is 10.0 Å². The predicted octanol–water partition coefficient (Wildman–Crippen LogP) is 4.30. The molecule has 0 atom stereocenters. The first-order valence-electron chi connectivity index (χ1n) is 7.76. The Hall–Kier alpha value is -1.77. The standard InChI is InChI=1S/C17H17N3O2S3/c1-17(2)10-18-16(24-17)13-9-11-5-3-6-12(15(11)19-13)20-25(21,22)14-7-4-8-23-14/h3-9,19-20H,10H2,1-2H3. The second kappa shape index (κ2) is 5.89. The van der Waals surface area contributed by atoms with E-state index in [4.69, 9.17) is 0 Å². The fourth-order valence-corrected chi connectivity index (χ4v) is 5.76. The molecule has 0 aliphatic carbocycles. The van der Waals surface area contributed by atoms with Crippen LogP contribution in [0, 0.1) is 0 Å². The van der Waals surface area contributed by atoms with E-state index in [1.165, 1.54) is 11.3 Å². The zero-order valence-corrected chi connectivity index (χ0v) is 16.2. The smallest absolute Gasteiger partial charge is 0.271 e. The van der Waals surface area contributed by atoms with Crippen LogP contribution in [-0.4, -0.2) is 29.7 Å². The van der Waals surface area contributed by atoms with E-state index < -0.39 is 10.0 Å². The van der Waals surface area contributed by atoms with Crippen LogP contribution in [0.5, 0.6) is 0 Å². The number of anilines is 1. The molecule has 8 heteroatoms. The number of aromatic nitrogens is 1. The van der Waals surface area contributed by atoms with Gasteiger partial charge in [0.05, 0.1) is 23.4 Å². The third-order valence-corrected chi connectivity index (χ3v) is 7.85. The Bertz CT molecular complexity index is 1060. The van der Waals surface area contributed by atoms with Gasteiger partial charge in [-0.15, -0.1) is 11.3 Å². The number of hydrogen-bond donors (Lipinski definition) is 2. The summed E-state index contributed by atoms with van der Waals surface area (Å²) in [6, 6.07) is 10.9. The first-order valence-corrected chi connectivity index (χ1v) is 10.9. The number of rotatable bonds is 4. The quantitative estimate of drug-likeness (QED) is 0.696. The van der Waals surface area contributed by atoms with Gasteiger partial charge < -0.3 is 4.98 Å². The summed E-state index contributed by atoms with van der Waals surface area (Å²) in [4.78, 5) is 7.95. The molecule has 0 fully saturated rings. The summed E-state index contributed by atoms with van der Waals surface area (Å²) in [7, 11) is -3.58. The van der Waals surface area contributed by atoms with Crippen molar-refractivity contribution in [3.05, 3.63) is 47.5 Å². The van der Waals surface area contributed by atoms with Crippen LogP contribution in [0.1, 0.15) is 19.5 Å². The second-order valence-corrected chi connectivity index (χ2v) is 11.0. The van der Waals surface area contributed by atoms with Gasteiger partial charge in [0.1, 0.15) is 9.25 Å². The number of aliphatic imine (C=N–C) groups is 1. The fraction of sp³-hybridized carbons (Fsp3) is 0.235. The molecule has 5 nitrogen and oxygen atoms in total. The van der Waals surface area contributed by atoms with Gasteiger partial charge in [-0.3, -0.25) is 9.71 Å². The molecular weight excluding hydrogens is 374 g/mol. The molecule has 2 N–H and O–H groups in total. The molecule has 0 bridgehead atoms. The number of para-hydroxylation sites is 1. The van der Waals surface area contributed by atoms with Crippen LogP contribution in [0.15, 0.2) is 51.0 Å². The molecule has 3 aromatic rings. The van der Waals surface area contributed by atoms with E-state index in [0.29, 0.717) is 9.90 Å². The number of thioether (sulfide) groups is 1. The molecular formula is C17H17N3O2S3. The number of nitrogens with zero attached hydrogens (tertiary/aromatic N) is 1. The van der Waals surface area contributed by atoms with Crippen LogP contribution in [0.4, 0.5) is 5.69 Å². The van der Waals surface area contributed by atoms with Crippen molar-refractivity contribution >= 4 is 54.8 Å². The molecule has 0 saturated heterocycles. The number of nitrogens with one attached hydrogen (secondary N) is 2. The van der Waals surface area contributed by atoms with Gasteiger partial charge in [-0.1, -0.05) is 30.0 Å². The minimum Gasteiger partial charge on any atom is -0.351 e. The normalized spacial score (nSPS) is 17.0. The second-order valence-electron chi connectivity index (χ2n) is 6.47. The van der Waals surface area contributed by atoms with Gasteiger partial charge in [-0.2, -0.15) is 0 Å². The molecule has 130 valence electrons. The number of thiophene rings is 1. The van der Waals surface area contributed by atoms with E-state index in [1.54, 1.807) is 35.3 Å². The van der Waals surface area contributed by atoms with Gasteiger partial charge in [0.25, 0.3) is 10.0 Å². The van der Waals surface area contributed by atoms with Crippen LogP contribution >= 0.6 is 23.1 Å². The van der Waals surface area contributed by atoms with Gasteiger partial charge in [0.15, 0.2) is 0 Å². The molecule has 0 saturated carbocycles. The molecule has 3 heterocycles. The zero-order valence-electron chi connectivity index (χ0n) is 13.7. The van der Waals surface area contributed by atoms with Crippen molar-refractivity contribution in [3.63, 3.8) is 0 Å². The Kier molecular flexibility index (Phi) is 3.93. The van der Waals surface area contributed by atoms with Crippen molar-refractivity contribution in [3.8, 4) is 0 Å². The highest BCUT2D eigenvalue weighted by atomic mass is 32.2. The summed E-state index contributed by atoms with van der Waals surface area (Å²) in [5.74, 6) is 0. The zero-order chi connectivity index (χ0) is 17.7. The molecule has 2 aromatic heterocycles. The number of fused-ring (bicyclic) bond motifs is 1. The third-order valence-electron chi connectivity index (χ3n) is 3.87. The molecule has 25 heavy (non-hydrogen) atoms. The Balaban J connectivity index is 1.72. The van der Waals surface area contributed by atoms with Crippen molar-refractivity contribution in [1.29, 1.82) is 0 Å². The summed E-state index contributed by atoms with van der Waals surface area (Å²) in [5, 5.41) is 3.67.